The second-order valence-electron chi connectivity index (χ2n) is 3.64. The predicted molar refractivity (Wildman–Crippen MR) is 71.5 cm³/mol. The van der Waals surface area contributed by atoms with Gasteiger partial charge in [-0.3, -0.25) is 0 Å². The zero-order valence-corrected chi connectivity index (χ0v) is 11.3. The molecular formula is C13H20N2O3. The van der Waals surface area contributed by atoms with Crippen molar-refractivity contribution in [1.29, 1.82) is 0 Å². The molecule has 0 aliphatic carbocycles. The smallest absolute Gasteiger partial charge is 0.322 e. The first-order valence-corrected chi connectivity index (χ1v) is 5.94. The third-order valence-corrected chi connectivity index (χ3v) is 2.71. The normalized spacial score (nSPS) is 9.78. The molecule has 5 heteroatoms. The number of carbonyl (C=O) groups excluding carboxylic acids is 1. The second kappa shape index (κ2) is 6.74. The Labute approximate surface area is 108 Å². The average molecular weight is 252 g/mol. The quantitative estimate of drug-likeness (QED) is 0.876. The van der Waals surface area contributed by atoms with E-state index in [9.17, 15) is 4.79 Å². The van der Waals surface area contributed by atoms with E-state index in [1.54, 1.807) is 31.3 Å². The first-order valence-electron chi connectivity index (χ1n) is 5.94. The van der Waals surface area contributed by atoms with Crippen LogP contribution in [0.1, 0.15) is 13.8 Å². The van der Waals surface area contributed by atoms with Gasteiger partial charge in [0.25, 0.3) is 0 Å². The third kappa shape index (κ3) is 3.06. The summed E-state index contributed by atoms with van der Waals surface area (Å²) in [6, 6.07) is 5.20. The zero-order chi connectivity index (χ0) is 13.5. The molecule has 18 heavy (non-hydrogen) atoms. The number of carbonyl (C=O) groups is 1. The number of ether oxygens (including phenoxy) is 2. The summed E-state index contributed by atoms with van der Waals surface area (Å²) in [5, 5.41) is 2.82. The monoisotopic (exact) mass is 252 g/mol. The van der Waals surface area contributed by atoms with Crippen LogP contribution in [0.15, 0.2) is 18.2 Å². The number of urea groups is 1. The van der Waals surface area contributed by atoms with Gasteiger partial charge in [0.1, 0.15) is 17.2 Å². The van der Waals surface area contributed by atoms with E-state index in [0.29, 0.717) is 30.3 Å². The first-order chi connectivity index (χ1) is 8.67. The molecule has 0 fully saturated rings. The Morgan fingerprint density at radius 1 is 1.17 bits per heavy atom. The number of hydrogen-bond donors (Lipinski definition) is 1. The number of para-hydroxylation sites is 1. The fourth-order valence-electron chi connectivity index (χ4n) is 1.67. The molecule has 0 aromatic heterocycles. The van der Waals surface area contributed by atoms with Crippen molar-refractivity contribution in [2.24, 2.45) is 0 Å². The van der Waals surface area contributed by atoms with Crippen molar-refractivity contribution in [3.63, 3.8) is 0 Å². The number of nitrogens with one attached hydrogen (secondary N) is 1. The van der Waals surface area contributed by atoms with Crippen LogP contribution in [0.2, 0.25) is 0 Å². The van der Waals surface area contributed by atoms with Gasteiger partial charge in [0, 0.05) is 13.1 Å². The van der Waals surface area contributed by atoms with Crippen LogP contribution in [0.3, 0.4) is 0 Å². The molecule has 0 aliphatic heterocycles. The Bertz CT molecular complexity index is 381. The minimum absolute atomic E-state index is 0.164. The summed E-state index contributed by atoms with van der Waals surface area (Å²) in [5.41, 5.74) is 0.555. The molecule has 2 amide bonds. The molecule has 0 saturated heterocycles. The number of amides is 2. The lowest BCUT2D eigenvalue weighted by atomic mass is 10.2. The summed E-state index contributed by atoms with van der Waals surface area (Å²) in [4.78, 5) is 13.7. The molecule has 1 rings (SSSR count). The second-order valence-corrected chi connectivity index (χ2v) is 3.64. The Morgan fingerprint density at radius 3 is 2.06 bits per heavy atom. The van der Waals surface area contributed by atoms with Gasteiger partial charge in [-0.25, -0.2) is 4.79 Å². The number of benzene rings is 1. The number of nitrogens with zero attached hydrogens (tertiary/aromatic N) is 1. The summed E-state index contributed by atoms with van der Waals surface area (Å²) >= 11 is 0. The molecular weight excluding hydrogens is 232 g/mol. The van der Waals surface area contributed by atoms with E-state index in [-0.39, 0.29) is 6.03 Å². The molecule has 0 spiro atoms. The van der Waals surface area contributed by atoms with Gasteiger partial charge in [0.2, 0.25) is 0 Å². The Balaban J connectivity index is 2.98. The van der Waals surface area contributed by atoms with Crippen molar-refractivity contribution >= 4 is 11.7 Å². The van der Waals surface area contributed by atoms with Crippen LogP contribution < -0.4 is 14.8 Å². The maximum Gasteiger partial charge on any atom is 0.322 e. The summed E-state index contributed by atoms with van der Waals surface area (Å²) in [6.07, 6.45) is 0. The van der Waals surface area contributed by atoms with Crippen molar-refractivity contribution < 1.29 is 14.3 Å². The highest BCUT2D eigenvalue weighted by Gasteiger charge is 2.15. The minimum Gasteiger partial charge on any atom is -0.494 e. The molecule has 0 saturated carbocycles. The van der Waals surface area contributed by atoms with Crippen molar-refractivity contribution in [2.45, 2.75) is 13.8 Å². The standard InChI is InChI=1S/C13H20N2O3/c1-5-15(6-2)13(16)14-12-10(17-3)8-7-9-11(12)18-4/h7-9H,5-6H2,1-4H3,(H,14,16). The molecule has 1 aromatic rings. The minimum atomic E-state index is -0.164. The van der Waals surface area contributed by atoms with E-state index in [4.69, 9.17) is 9.47 Å². The summed E-state index contributed by atoms with van der Waals surface area (Å²) in [5.74, 6) is 1.16. The molecule has 0 atom stereocenters. The molecule has 1 aromatic carbocycles. The van der Waals surface area contributed by atoms with E-state index < -0.39 is 0 Å². The van der Waals surface area contributed by atoms with Gasteiger partial charge in [-0.2, -0.15) is 0 Å². The Hall–Kier alpha value is -1.91. The highest BCUT2D eigenvalue weighted by molar-refractivity contribution is 5.93. The van der Waals surface area contributed by atoms with Crippen LogP contribution in [0.25, 0.3) is 0 Å². The molecule has 0 aliphatic rings. The summed E-state index contributed by atoms with van der Waals surface area (Å²) in [7, 11) is 3.11. The molecule has 0 radical (unpaired) electrons. The van der Waals surface area contributed by atoms with Crippen molar-refractivity contribution in [3.8, 4) is 11.5 Å². The number of rotatable bonds is 5. The van der Waals surface area contributed by atoms with E-state index in [0.717, 1.165) is 0 Å². The van der Waals surface area contributed by atoms with Crippen LogP contribution in [-0.2, 0) is 0 Å². The highest BCUT2D eigenvalue weighted by Crippen LogP contribution is 2.34. The van der Waals surface area contributed by atoms with Crippen molar-refractivity contribution in [2.75, 3.05) is 32.6 Å². The van der Waals surface area contributed by atoms with Crippen LogP contribution >= 0.6 is 0 Å². The third-order valence-electron chi connectivity index (χ3n) is 2.71. The van der Waals surface area contributed by atoms with Crippen LogP contribution in [0.4, 0.5) is 10.5 Å². The molecule has 5 nitrogen and oxygen atoms in total. The van der Waals surface area contributed by atoms with Gasteiger partial charge in [0.05, 0.1) is 14.2 Å². The highest BCUT2D eigenvalue weighted by atomic mass is 16.5. The van der Waals surface area contributed by atoms with Gasteiger partial charge in [-0.15, -0.1) is 0 Å². The van der Waals surface area contributed by atoms with E-state index in [1.807, 2.05) is 19.9 Å². The topological polar surface area (TPSA) is 50.8 Å². The SMILES string of the molecule is CCN(CC)C(=O)Nc1c(OC)cccc1OC. The van der Waals surface area contributed by atoms with Gasteiger partial charge in [-0.05, 0) is 26.0 Å². The van der Waals surface area contributed by atoms with Gasteiger partial charge in [-0.1, -0.05) is 6.07 Å². The van der Waals surface area contributed by atoms with E-state index in [2.05, 4.69) is 5.32 Å². The predicted octanol–water partition coefficient (Wildman–Crippen LogP) is 2.58. The van der Waals surface area contributed by atoms with Crippen molar-refractivity contribution in [1.82, 2.24) is 4.90 Å². The largest absolute Gasteiger partial charge is 0.494 e. The zero-order valence-electron chi connectivity index (χ0n) is 11.3. The van der Waals surface area contributed by atoms with Crippen LogP contribution in [-0.4, -0.2) is 38.2 Å². The summed E-state index contributed by atoms with van der Waals surface area (Å²) < 4.78 is 10.4. The Kier molecular flexibility index (Phi) is 5.30. The van der Waals surface area contributed by atoms with Crippen LogP contribution in [0, 0.1) is 0 Å². The lowest BCUT2D eigenvalue weighted by Crippen LogP contribution is -2.34. The lowest BCUT2D eigenvalue weighted by Gasteiger charge is -2.21. The van der Waals surface area contributed by atoms with E-state index in [1.165, 1.54) is 0 Å². The number of hydrogen-bond acceptors (Lipinski definition) is 3. The molecule has 0 unspecified atom stereocenters. The van der Waals surface area contributed by atoms with Crippen molar-refractivity contribution in [3.05, 3.63) is 18.2 Å². The lowest BCUT2D eigenvalue weighted by molar-refractivity contribution is 0.217. The maximum atomic E-state index is 12.0. The fourth-order valence-corrected chi connectivity index (χ4v) is 1.67. The summed E-state index contributed by atoms with van der Waals surface area (Å²) in [6.45, 7) is 5.17. The molecule has 1 N–H and O–H groups in total. The number of methoxy groups -OCH3 is 2. The van der Waals surface area contributed by atoms with Crippen LogP contribution in [0.5, 0.6) is 11.5 Å². The number of anilines is 1. The molecule has 0 heterocycles. The van der Waals surface area contributed by atoms with E-state index >= 15 is 0 Å². The van der Waals surface area contributed by atoms with Gasteiger partial charge in [0.15, 0.2) is 0 Å². The maximum absolute atomic E-state index is 12.0. The van der Waals surface area contributed by atoms with Gasteiger partial charge < -0.3 is 19.7 Å². The molecule has 100 valence electrons. The first kappa shape index (κ1) is 14.2. The Morgan fingerprint density at radius 2 is 1.67 bits per heavy atom. The van der Waals surface area contributed by atoms with Gasteiger partial charge >= 0.3 is 6.03 Å². The molecule has 0 bridgehead atoms. The fraction of sp³-hybridized carbons (Fsp3) is 0.462. The average Bonchev–Trinajstić information content (AvgIpc) is 2.40.